The molecule has 1 fully saturated rings. The van der Waals surface area contributed by atoms with Gasteiger partial charge in [-0.1, -0.05) is 88.2 Å². The molecule has 1 heterocycles. The van der Waals surface area contributed by atoms with Crippen molar-refractivity contribution in [2.24, 2.45) is 0 Å². The average Bonchev–Trinajstić information content (AvgIpc) is 2.85. The van der Waals surface area contributed by atoms with Gasteiger partial charge in [-0.05, 0) is 65.1 Å². The number of fused-ring (bicyclic) bond motifs is 1. The number of barbiturate groups is 1. The quantitative estimate of drug-likeness (QED) is 0.256. The van der Waals surface area contributed by atoms with Gasteiger partial charge in [0, 0.05) is 4.47 Å². The van der Waals surface area contributed by atoms with Gasteiger partial charge in [0.25, 0.3) is 11.8 Å². The first-order chi connectivity index (χ1) is 16.9. The number of rotatable bonds is 4. The fourth-order valence-corrected chi connectivity index (χ4v) is 4.67. The van der Waals surface area contributed by atoms with E-state index in [9.17, 15) is 14.4 Å². The smallest absolute Gasteiger partial charge is 0.273 e. The zero-order valence-corrected chi connectivity index (χ0v) is 20.5. The first-order valence-electron chi connectivity index (χ1n) is 11.1. The van der Waals surface area contributed by atoms with Gasteiger partial charge in [0.2, 0.25) is 0 Å². The molecule has 5 rings (SSSR count). The molecule has 5 nitrogen and oxygen atoms in total. The highest BCUT2D eigenvalue weighted by molar-refractivity contribution is 9.10. The summed E-state index contributed by atoms with van der Waals surface area (Å²) < 4.78 is 0.981. The Morgan fingerprint density at radius 2 is 1.54 bits per heavy atom. The lowest BCUT2D eigenvalue weighted by atomic mass is 9.92. The van der Waals surface area contributed by atoms with Gasteiger partial charge in [0.15, 0.2) is 0 Å². The number of hydrogen-bond donors (Lipinski definition) is 1. The molecule has 1 aliphatic rings. The van der Waals surface area contributed by atoms with Crippen LogP contribution in [0.5, 0.6) is 0 Å². The highest BCUT2D eigenvalue weighted by Gasteiger charge is 2.37. The predicted molar refractivity (Wildman–Crippen MR) is 141 cm³/mol. The van der Waals surface area contributed by atoms with Gasteiger partial charge in [-0.15, -0.1) is 0 Å². The first-order valence-corrected chi connectivity index (χ1v) is 11.9. The Morgan fingerprint density at radius 1 is 0.829 bits per heavy atom. The molecule has 1 saturated heterocycles. The van der Waals surface area contributed by atoms with E-state index in [1.165, 1.54) is 0 Å². The minimum absolute atomic E-state index is 0.0881. The molecule has 0 atom stereocenters. The maximum Gasteiger partial charge on any atom is 0.335 e. The van der Waals surface area contributed by atoms with Gasteiger partial charge in [0.05, 0.1) is 5.69 Å². The third kappa shape index (κ3) is 4.40. The molecule has 1 aliphatic heterocycles. The second kappa shape index (κ2) is 9.31. The second-order valence-corrected chi connectivity index (χ2v) is 9.28. The summed E-state index contributed by atoms with van der Waals surface area (Å²) in [5, 5.41) is 4.23. The molecular weight excluding hydrogens is 504 g/mol. The van der Waals surface area contributed by atoms with Crippen molar-refractivity contribution >= 4 is 56.3 Å². The maximum atomic E-state index is 13.5. The summed E-state index contributed by atoms with van der Waals surface area (Å²) in [6.45, 7) is 1.92. The Hall–Kier alpha value is -4.03. The predicted octanol–water partition coefficient (Wildman–Crippen LogP) is 6.17. The normalized spacial score (nSPS) is 15.1. The molecule has 4 amide bonds. The number of nitrogens with zero attached hydrogens (tertiary/aromatic N) is 1. The van der Waals surface area contributed by atoms with Crippen LogP contribution in [0.3, 0.4) is 0 Å². The van der Waals surface area contributed by atoms with Crippen molar-refractivity contribution in [3.63, 3.8) is 0 Å². The Balaban J connectivity index is 1.65. The van der Waals surface area contributed by atoms with Crippen LogP contribution in [-0.4, -0.2) is 17.8 Å². The van der Waals surface area contributed by atoms with Gasteiger partial charge in [-0.3, -0.25) is 14.9 Å². The lowest BCUT2D eigenvalue weighted by Gasteiger charge is -2.26. The molecule has 0 aliphatic carbocycles. The zero-order chi connectivity index (χ0) is 24.5. The number of halogens is 1. The second-order valence-electron chi connectivity index (χ2n) is 8.42. The van der Waals surface area contributed by atoms with Gasteiger partial charge in [-0.25, -0.2) is 9.69 Å². The van der Waals surface area contributed by atoms with Crippen molar-refractivity contribution in [3.8, 4) is 0 Å². The van der Waals surface area contributed by atoms with E-state index in [1.807, 2.05) is 79.7 Å². The van der Waals surface area contributed by atoms with Crippen LogP contribution in [0.15, 0.2) is 95.0 Å². The standard InChI is InChI=1S/C29H21BrN2O3/c1-18-10-14-22(15-11-18)32-28(34)25(27(33)31-29(32)35)17-24-20(16-21-7-3-5-9-26(21)30)13-12-19-6-2-4-8-23(19)24/h2-15,17H,16H2,1H3,(H,31,33,35)/b25-17+. The summed E-state index contributed by atoms with van der Waals surface area (Å²) >= 11 is 3.61. The molecule has 0 saturated carbocycles. The minimum atomic E-state index is -0.757. The third-order valence-corrected chi connectivity index (χ3v) is 6.86. The van der Waals surface area contributed by atoms with E-state index in [-0.39, 0.29) is 5.57 Å². The molecule has 172 valence electrons. The van der Waals surface area contributed by atoms with E-state index >= 15 is 0 Å². The van der Waals surface area contributed by atoms with Crippen LogP contribution in [0.2, 0.25) is 0 Å². The van der Waals surface area contributed by atoms with E-state index in [4.69, 9.17) is 0 Å². The van der Waals surface area contributed by atoms with Crippen molar-refractivity contribution in [2.45, 2.75) is 13.3 Å². The van der Waals surface area contributed by atoms with E-state index < -0.39 is 17.8 Å². The molecule has 0 bridgehead atoms. The van der Waals surface area contributed by atoms with Gasteiger partial charge in [-0.2, -0.15) is 0 Å². The average molecular weight is 525 g/mol. The van der Waals surface area contributed by atoms with Gasteiger partial charge in [0.1, 0.15) is 5.57 Å². The Bertz CT molecular complexity index is 1520. The number of benzene rings is 4. The topological polar surface area (TPSA) is 66.5 Å². The molecular formula is C29H21BrN2O3. The molecule has 4 aromatic carbocycles. The summed E-state index contributed by atoms with van der Waals surface area (Å²) in [6, 6.07) is 26.1. The van der Waals surface area contributed by atoms with E-state index in [0.29, 0.717) is 12.1 Å². The van der Waals surface area contributed by atoms with Crippen LogP contribution < -0.4 is 10.2 Å². The van der Waals surface area contributed by atoms with Crippen molar-refractivity contribution < 1.29 is 14.4 Å². The molecule has 0 spiro atoms. The van der Waals surface area contributed by atoms with Gasteiger partial charge >= 0.3 is 6.03 Å². The Labute approximate surface area is 211 Å². The highest BCUT2D eigenvalue weighted by Crippen LogP contribution is 2.30. The molecule has 0 aromatic heterocycles. The fraction of sp³-hybridized carbons (Fsp3) is 0.0690. The maximum absolute atomic E-state index is 13.5. The number of carbonyl (C=O) groups is 3. The van der Waals surface area contributed by atoms with Gasteiger partial charge < -0.3 is 0 Å². The Kier molecular flexibility index (Phi) is 6.05. The first kappa shape index (κ1) is 22.7. The highest BCUT2D eigenvalue weighted by atomic mass is 79.9. The number of amides is 4. The van der Waals surface area contributed by atoms with Crippen molar-refractivity contribution in [3.05, 3.63) is 117 Å². The summed E-state index contributed by atoms with van der Waals surface area (Å²) in [4.78, 5) is 39.9. The van der Waals surface area contributed by atoms with Crippen LogP contribution in [0, 0.1) is 6.92 Å². The fourth-order valence-electron chi connectivity index (χ4n) is 4.24. The number of anilines is 1. The van der Waals surface area contributed by atoms with Crippen molar-refractivity contribution in [1.29, 1.82) is 0 Å². The van der Waals surface area contributed by atoms with E-state index in [1.54, 1.807) is 18.2 Å². The summed E-state index contributed by atoms with van der Waals surface area (Å²) in [7, 11) is 0. The van der Waals surface area contributed by atoms with Crippen LogP contribution in [0.25, 0.3) is 16.8 Å². The molecule has 6 heteroatoms. The zero-order valence-electron chi connectivity index (χ0n) is 18.9. The lowest BCUT2D eigenvalue weighted by Crippen LogP contribution is -2.54. The van der Waals surface area contributed by atoms with Crippen LogP contribution in [0.4, 0.5) is 10.5 Å². The van der Waals surface area contributed by atoms with Crippen LogP contribution >= 0.6 is 15.9 Å². The Morgan fingerprint density at radius 3 is 2.31 bits per heavy atom. The minimum Gasteiger partial charge on any atom is -0.273 e. The van der Waals surface area contributed by atoms with Crippen LogP contribution in [0.1, 0.15) is 22.3 Å². The van der Waals surface area contributed by atoms with Crippen molar-refractivity contribution in [2.75, 3.05) is 4.90 Å². The van der Waals surface area contributed by atoms with E-state index in [0.717, 1.165) is 42.4 Å². The number of urea groups is 1. The third-order valence-electron chi connectivity index (χ3n) is 6.08. The van der Waals surface area contributed by atoms with Crippen LogP contribution in [-0.2, 0) is 16.0 Å². The van der Waals surface area contributed by atoms with E-state index in [2.05, 4.69) is 21.2 Å². The number of nitrogens with one attached hydrogen (secondary N) is 1. The number of hydrogen-bond acceptors (Lipinski definition) is 3. The number of carbonyl (C=O) groups excluding carboxylic acids is 3. The van der Waals surface area contributed by atoms with Crippen molar-refractivity contribution in [1.82, 2.24) is 5.32 Å². The SMILES string of the molecule is Cc1ccc(N2C(=O)NC(=O)/C(=C\c3c(Cc4ccccc4Br)ccc4ccccc34)C2=O)cc1. The number of imide groups is 2. The molecule has 4 aromatic rings. The summed E-state index contributed by atoms with van der Waals surface area (Å²) in [5.41, 5.74) is 4.13. The molecule has 35 heavy (non-hydrogen) atoms. The summed E-state index contributed by atoms with van der Waals surface area (Å²) in [6.07, 6.45) is 2.21. The monoisotopic (exact) mass is 524 g/mol. The number of aryl methyl sites for hydroxylation is 1. The molecule has 0 unspecified atom stereocenters. The summed E-state index contributed by atoms with van der Waals surface area (Å²) in [5.74, 6) is -1.36. The largest absolute Gasteiger partial charge is 0.335 e. The molecule has 0 radical (unpaired) electrons. The lowest BCUT2D eigenvalue weighted by molar-refractivity contribution is -0.122. The molecule has 1 N–H and O–H groups in total.